The SMILES string of the molecule is CC(C)c1ccc(Oc2ccccc2C2CC2)cc1. The van der Waals surface area contributed by atoms with Crippen LogP contribution >= 0.6 is 0 Å². The van der Waals surface area contributed by atoms with Gasteiger partial charge in [0.05, 0.1) is 0 Å². The second-order valence-electron chi connectivity index (χ2n) is 5.64. The molecule has 3 rings (SSSR count). The van der Waals surface area contributed by atoms with Gasteiger partial charge in [0.15, 0.2) is 0 Å². The van der Waals surface area contributed by atoms with Gasteiger partial charge >= 0.3 is 0 Å². The first-order chi connectivity index (χ1) is 9.24. The second kappa shape index (κ2) is 5.08. The highest BCUT2D eigenvalue weighted by Crippen LogP contribution is 2.45. The van der Waals surface area contributed by atoms with Crippen LogP contribution in [-0.2, 0) is 0 Å². The van der Waals surface area contributed by atoms with E-state index in [2.05, 4.69) is 56.3 Å². The molecular formula is C18H20O. The Morgan fingerprint density at radius 3 is 2.26 bits per heavy atom. The Morgan fingerprint density at radius 2 is 1.63 bits per heavy atom. The van der Waals surface area contributed by atoms with Gasteiger partial charge in [-0.15, -0.1) is 0 Å². The fraction of sp³-hybridized carbons (Fsp3) is 0.333. The van der Waals surface area contributed by atoms with Crippen LogP contribution in [0, 0.1) is 0 Å². The number of ether oxygens (including phenoxy) is 1. The summed E-state index contributed by atoms with van der Waals surface area (Å²) in [6.07, 6.45) is 2.60. The summed E-state index contributed by atoms with van der Waals surface area (Å²) in [5.74, 6) is 3.22. The van der Waals surface area contributed by atoms with Gasteiger partial charge in [0.2, 0.25) is 0 Å². The average Bonchev–Trinajstić information content (AvgIpc) is 3.24. The molecule has 2 aromatic carbocycles. The molecule has 98 valence electrons. The smallest absolute Gasteiger partial charge is 0.130 e. The summed E-state index contributed by atoms with van der Waals surface area (Å²) in [6, 6.07) is 16.9. The van der Waals surface area contributed by atoms with Crippen LogP contribution in [0.1, 0.15) is 49.7 Å². The van der Waals surface area contributed by atoms with E-state index in [9.17, 15) is 0 Å². The Hall–Kier alpha value is -1.76. The van der Waals surface area contributed by atoms with Crippen LogP contribution < -0.4 is 4.74 Å². The Kier molecular flexibility index (Phi) is 3.29. The fourth-order valence-electron chi connectivity index (χ4n) is 2.35. The monoisotopic (exact) mass is 252 g/mol. The van der Waals surface area contributed by atoms with Gasteiger partial charge in [0.1, 0.15) is 11.5 Å². The van der Waals surface area contributed by atoms with E-state index < -0.39 is 0 Å². The fourth-order valence-corrected chi connectivity index (χ4v) is 2.35. The Labute approximate surface area is 115 Å². The summed E-state index contributed by atoms with van der Waals surface area (Å²) in [4.78, 5) is 0. The van der Waals surface area contributed by atoms with Crippen LogP contribution in [0.15, 0.2) is 48.5 Å². The number of benzene rings is 2. The summed E-state index contributed by atoms with van der Waals surface area (Å²) in [7, 11) is 0. The lowest BCUT2D eigenvalue weighted by atomic mass is 10.0. The van der Waals surface area contributed by atoms with E-state index in [4.69, 9.17) is 4.74 Å². The minimum atomic E-state index is 0.563. The minimum Gasteiger partial charge on any atom is -0.457 e. The first-order valence-electron chi connectivity index (χ1n) is 7.11. The van der Waals surface area contributed by atoms with Crippen LogP contribution in [0.4, 0.5) is 0 Å². The van der Waals surface area contributed by atoms with Crippen molar-refractivity contribution in [2.75, 3.05) is 0 Å². The van der Waals surface area contributed by atoms with Crippen molar-refractivity contribution in [2.45, 2.75) is 38.5 Å². The van der Waals surface area contributed by atoms with Crippen molar-refractivity contribution in [1.29, 1.82) is 0 Å². The van der Waals surface area contributed by atoms with Gasteiger partial charge in [-0.05, 0) is 54.0 Å². The quantitative estimate of drug-likeness (QED) is 0.700. The molecule has 1 aliphatic carbocycles. The first-order valence-corrected chi connectivity index (χ1v) is 7.11. The normalized spacial score (nSPS) is 14.7. The molecular weight excluding hydrogens is 232 g/mol. The lowest BCUT2D eigenvalue weighted by Crippen LogP contribution is -1.91. The molecule has 0 unspecified atom stereocenters. The molecule has 0 radical (unpaired) electrons. The third kappa shape index (κ3) is 2.81. The minimum absolute atomic E-state index is 0.563. The van der Waals surface area contributed by atoms with E-state index in [1.165, 1.54) is 24.0 Å². The lowest BCUT2D eigenvalue weighted by molar-refractivity contribution is 0.476. The maximum Gasteiger partial charge on any atom is 0.130 e. The van der Waals surface area contributed by atoms with Gasteiger partial charge in [-0.1, -0.05) is 44.2 Å². The van der Waals surface area contributed by atoms with Gasteiger partial charge in [-0.2, -0.15) is 0 Å². The summed E-state index contributed by atoms with van der Waals surface area (Å²) >= 11 is 0. The van der Waals surface area contributed by atoms with E-state index in [1.807, 2.05) is 6.07 Å². The van der Waals surface area contributed by atoms with E-state index >= 15 is 0 Å². The molecule has 0 N–H and O–H groups in total. The van der Waals surface area contributed by atoms with Crippen molar-refractivity contribution in [1.82, 2.24) is 0 Å². The molecule has 0 amide bonds. The maximum absolute atomic E-state index is 6.05. The van der Waals surface area contributed by atoms with Crippen LogP contribution in [-0.4, -0.2) is 0 Å². The van der Waals surface area contributed by atoms with Crippen LogP contribution in [0.2, 0.25) is 0 Å². The average molecular weight is 252 g/mol. The highest BCUT2D eigenvalue weighted by atomic mass is 16.5. The molecule has 0 saturated heterocycles. The largest absolute Gasteiger partial charge is 0.457 e. The molecule has 0 aliphatic heterocycles. The van der Waals surface area contributed by atoms with Crippen molar-refractivity contribution in [3.63, 3.8) is 0 Å². The molecule has 1 saturated carbocycles. The number of rotatable bonds is 4. The summed E-state index contributed by atoms with van der Waals surface area (Å²) in [6.45, 7) is 4.41. The maximum atomic E-state index is 6.05. The molecule has 0 spiro atoms. The van der Waals surface area contributed by atoms with Gasteiger partial charge < -0.3 is 4.74 Å². The van der Waals surface area contributed by atoms with Crippen LogP contribution in [0.25, 0.3) is 0 Å². The summed E-state index contributed by atoms with van der Waals surface area (Å²) < 4.78 is 6.05. The molecule has 0 heterocycles. The molecule has 1 aliphatic rings. The van der Waals surface area contributed by atoms with Crippen molar-refractivity contribution in [3.05, 3.63) is 59.7 Å². The standard InChI is InChI=1S/C18H20O/c1-13(2)14-9-11-16(12-10-14)19-18-6-4-3-5-17(18)15-7-8-15/h3-6,9-13,15H,7-8H2,1-2H3. The highest BCUT2D eigenvalue weighted by Gasteiger charge is 2.26. The Morgan fingerprint density at radius 1 is 0.947 bits per heavy atom. The molecule has 1 fully saturated rings. The summed E-state index contributed by atoms with van der Waals surface area (Å²) in [5, 5.41) is 0. The van der Waals surface area contributed by atoms with Gasteiger partial charge in [-0.3, -0.25) is 0 Å². The molecule has 1 heteroatoms. The predicted molar refractivity (Wildman–Crippen MR) is 79.0 cm³/mol. The number of hydrogen-bond donors (Lipinski definition) is 0. The third-order valence-corrected chi connectivity index (χ3v) is 3.71. The van der Waals surface area contributed by atoms with E-state index in [-0.39, 0.29) is 0 Å². The van der Waals surface area contributed by atoms with Crippen molar-refractivity contribution >= 4 is 0 Å². The first kappa shape index (κ1) is 12.3. The van der Waals surface area contributed by atoms with E-state index in [0.29, 0.717) is 11.8 Å². The molecule has 0 atom stereocenters. The van der Waals surface area contributed by atoms with Crippen LogP contribution in [0.5, 0.6) is 11.5 Å². The molecule has 0 bridgehead atoms. The summed E-state index contributed by atoms with van der Waals surface area (Å²) in [5.41, 5.74) is 2.71. The number of hydrogen-bond acceptors (Lipinski definition) is 1. The van der Waals surface area contributed by atoms with Crippen molar-refractivity contribution < 1.29 is 4.74 Å². The lowest BCUT2D eigenvalue weighted by Gasteiger charge is -2.11. The Balaban J connectivity index is 1.81. The highest BCUT2D eigenvalue weighted by molar-refractivity contribution is 5.42. The van der Waals surface area contributed by atoms with Crippen LogP contribution in [0.3, 0.4) is 0 Å². The Bertz CT molecular complexity index is 550. The molecule has 19 heavy (non-hydrogen) atoms. The molecule has 2 aromatic rings. The number of para-hydroxylation sites is 1. The molecule has 1 nitrogen and oxygen atoms in total. The zero-order chi connectivity index (χ0) is 13.2. The van der Waals surface area contributed by atoms with Crippen molar-refractivity contribution in [2.24, 2.45) is 0 Å². The van der Waals surface area contributed by atoms with Gasteiger partial charge in [0.25, 0.3) is 0 Å². The zero-order valence-electron chi connectivity index (χ0n) is 11.6. The van der Waals surface area contributed by atoms with Gasteiger partial charge in [-0.25, -0.2) is 0 Å². The van der Waals surface area contributed by atoms with E-state index in [0.717, 1.165) is 11.5 Å². The van der Waals surface area contributed by atoms with Crippen molar-refractivity contribution in [3.8, 4) is 11.5 Å². The zero-order valence-corrected chi connectivity index (χ0v) is 11.6. The topological polar surface area (TPSA) is 9.23 Å². The van der Waals surface area contributed by atoms with E-state index in [1.54, 1.807) is 0 Å². The second-order valence-corrected chi connectivity index (χ2v) is 5.64. The molecule has 0 aromatic heterocycles. The predicted octanol–water partition coefficient (Wildman–Crippen LogP) is 5.48. The van der Waals surface area contributed by atoms with Gasteiger partial charge in [0, 0.05) is 0 Å². The third-order valence-electron chi connectivity index (χ3n) is 3.71.